The van der Waals surface area contributed by atoms with Crippen LogP contribution in [0.4, 0.5) is 23.2 Å². The Kier molecular flexibility index (Phi) is 8.98. The van der Waals surface area contributed by atoms with Crippen LogP contribution in [0.25, 0.3) is 0 Å². The van der Waals surface area contributed by atoms with Gasteiger partial charge in [-0.2, -0.15) is 0 Å². The summed E-state index contributed by atoms with van der Waals surface area (Å²) in [5.74, 6) is -5.39. The van der Waals surface area contributed by atoms with Gasteiger partial charge in [0.05, 0.1) is 12.2 Å². The monoisotopic (exact) mass is 496 g/mol. The summed E-state index contributed by atoms with van der Waals surface area (Å²) in [5.41, 5.74) is -0.0752. The van der Waals surface area contributed by atoms with E-state index in [9.17, 15) is 22.4 Å². The summed E-state index contributed by atoms with van der Waals surface area (Å²) in [5, 5.41) is 7.56. The van der Waals surface area contributed by atoms with Crippen LogP contribution in [0.1, 0.15) is 5.56 Å². The van der Waals surface area contributed by atoms with E-state index in [-0.39, 0.29) is 48.8 Å². The Labute approximate surface area is 170 Å². The van der Waals surface area contributed by atoms with Crippen LogP contribution in [-0.2, 0) is 11.3 Å². The SMILES string of the molecule is CN=C(NCC(=O)Nc1ccc(F)c(F)c1F)NCc1ccccc1F.I. The van der Waals surface area contributed by atoms with Crippen LogP contribution in [0.2, 0.25) is 0 Å². The van der Waals surface area contributed by atoms with E-state index in [0.717, 1.165) is 6.07 Å². The van der Waals surface area contributed by atoms with Crippen LogP contribution in [0.3, 0.4) is 0 Å². The Morgan fingerprint density at radius 2 is 1.67 bits per heavy atom. The molecular formula is C17H17F4IN4O. The molecule has 0 atom stereocenters. The first kappa shape index (κ1) is 22.7. The summed E-state index contributed by atoms with van der Waals surface area (Å²) in [6, 6.07) is 7.77. The Bertz CT molecular complexity index is 833. The van der Waals surface area contributed by atoms with Crippen molar-refractivity contribution >= 4 is 41.5 Å². The number of aliphatic imine (C=N–C) groups is 1. The van der Waals surface area contributed by atoms with E-state index in [1.54, 1.807) is 18.2 Å². The van der Waals surface area contributed by atoms with Gasteiger partial charge in [0.15, 0.2) is 23.4 Å². The lowest BCUT2D eigenvalue weighted by molar-refractivity contribution is -0.115. The third-order valence-electron chi connectivity index (χ3n) is 3.35. The molecule has 0 aliphatic rings. The minimum absolute atomic E-state index is 0. The number of benzene rings is 2. The van der Waals surface area contributed by atoms with E-state index in [1.807, 2.05) is 0 Å². The van der Waals surface area contributed by atoms with Crippen molar-refractivity contribution in [1.82, 2.24) is 10.6 Å². The van der Waals surface area contributed by atoms with Crippen molar-refractivity contribution in [3.8, 4) is 0 Å². The zero-order chi connectivity index (χ0) is 19.1. The Morgan fingerprint density at radius 3 is 2.33 bits per heavy atom. The van der Waals surface area contributed by atoms with Gasteiger partial charge in [-0.15, -0.1) is 24.0 Å². The van der Waals surface area contributed by atoms with Gasteiger partial charge in [-0.1, -0.05) is 18.2 Å². The van der Waals surface area contributed by atoms with Crippen molar-refractivity contribution in [2.24, 2.45) is 4.99 Å². The van der Waals surface area contributed by atoms with E-state index in [4.69, 9.17) is 0 Å². The van der Waals surface area contributed by atoms with Crippen LogP contribution in [0, 0.1) is 23.3 Å². The standard InChI is InChI=1S/C17H16F4N4O.HI/c1-22-17(23-8-10-4-2-3-5-11(10)18)24-9-14(26)25-13-7-6-12(19)15(20)16(13)21;/h2-7H,8-9H2,1H3,(H,25,26)(H2,22,23,24);1H. The fourth-order valence-corrected chi connectivity index (χ4v) is 2.02. The van der Waals surface area contributed by atoms with Gasteiger partial charge < -0.3 is 16.0 Å². The van der Waals surface area contributed by atoms with Crippen molar-refractivity contribution in [3.63, 3.8) is 0 Å². The molecule has 2 aromatic rings. The van der Waals surface area contributed by atoms with Gasteiger partial charge in [-0.25, -0.2) is 17.6 Å². The number of carbonyl (C=O) groups is 1. The molecule has 27 heavy (non-hydrogen) atoms. The Balaban J connectivity index is 0.00000364. The molecule has 0 fully saturated rings. The van der Waals surface area contributed by atoms with Crippen molar-refractivity contribution < 1.29 is 22.4 Å². The van der Waals surface area contributed by atoms with Crippen molar-refractivity contribution in [2.45, 2.75) is 6.54 Å². The maximum atomic E-state index is 13.5. The first-order valence-corrected chi connectivity index (χ1v) is 7.53. The summed E-state index contributed by atoms with van der Waals surface area (Å²) in [4.78, 5) is 15.7. The molecule has 10 heteroatoms. The molecule has 0 aliphatic heterocycles. The lowest BCUT2D eigenvalue weighted by Gasteiger charge is -2.13. The predicted octanol–water partition coefficient (Wildman–Crippen LogP) is 3.16. The first-order valence-electron chi connectivity index (χ1n) is 7.53. The summed E-state index contributed by atoms with van der Waals surface area (Å²) in [6.45, 7) is -0.193. The number of hydrogen-bond donors (Lipinski definition) is 3. The molecule has 0 heterocycles. The summed E-state index contributed by atoms with van der Waals surface area (Å²) < 4.78 is 53.0. The number of amides is 1. The number of carbonyl (C=O) groups excluding carboxylic acids is 1. The largest absolute Gasteiger partial charge is 0.352 e. The lowest BCUT2D eigenvalue weighted by Crippen LogP contribution is -2.41. The normalized spacial score (nSPS) is 10.8. The third-order valence-corrected chi connectivity index (χ3v) is 3.35. The molecule has 0 aliphatic carbocycles. The predicted molar refractivity (Wildman–Crippen MR) is 105 cm³/mol. The molecule has 0 aromatic heterocycles. The summed E-state index contributed by atoms with van der Waals surface area (Å²) >= 11 is 0. The van der Waals surface area contributed by atoms with E-state index < -0.39 is 29.0 Å². The molecule has 0 spiro atoms. The fraction of sp³-hybridized carbons (Fsp3) is 0.176. The molecule has 0 saturated heterocycles. The minimum Gasteiger partial charge on any atom is -0.352 e. The summed E-state index contributed by atoms with van der Waals surface area (Å²) in [7, 11) is 1.45. The molecule has 5 nitrogen and oxygen atoms in total. The number of nitrogens with one attached hydrogen (secondary N) is 3. The number of guanidine groups is 1. The average Bonchev–Trinajstić information content (AvgIpc) is 2.63. The highest BCUT2D eigenvalue weighted by Crippen LogP contribution is 2.19. The van der Waals surface area contributed by atoms with Crippen LogP contribution in [0.5, 0.6) is 0 Å². The molecular weight excluding hydrogens is 479 g/mol. The number of rotatable bonds is 5. The van der Waals surface area contributed by atoms with Gasteiger partial charge in [-0.3, -0.25) is 9.79 Å². The number of halogens is 5. The number of nitrogens with zero attached hydrogens (tertiary/aromatic N) is 1. The Morgan fingerprint density at radius 1 is 0.963 bits per heavy atom. The second-order valence-electron chi connectivity index (χ2n) is 5.14. The summed E-state index contributed by atoms with van der Waals surface area (Å²) in [6.07, 6.45) is 0. The first-order chi connectivity index (χ1) is 12.4. The molecule has 0 radical (unpaired) electrons. The highest BCUT2D eigenvalue weighted by Gasteiger charge is 2.15. The van der Waals surface area contributed by atoms with Gasteiger partial charge in [0.2, 0.25) is 5.91 Å². The second kappa shape index (κ2) is 10.7. The molecule has 2 aromatic carbocycles. The maximum Gasteiger partial charge on any atom is 0.243 e. The third kappa shape index (κ3) is 6.38. The minimum atomic E-state index is -1.67. The van der Waals surface area contributed by atoms with Crippen LogP contribution < -0.4 is 16.0 Å². The van der Waals surface area contributed by atoms with Crippen LogP contribution in [0.15, 0.2) is 41.4 Å². The molecule has 0 bridgehead atoms. The zero-order valence-electron chi connectivity index (χ0n) is 14.2. The van der Waals surface area contributed by atoms with Gasteiger partial charge >= 0.3 is 0 Å². The van der Waals surface area contributed by atoms with E-state index >= 15 is 0 Å². The zero-order valence-corrected chi connectivity index (χ0v) is 16.5. The number of anilines is 1. The number of hydrogen-bond acceptors (Lipinski definition) is 2. The van der Waals surface area contributed by atoms with Crippen LogP contribution >= 0.6 is 24.0 Å². The van der Waals surface area contributed by atoms with Crippen LogP contribution in [-0.4, -0.2) is 25.5 Å². The fourth-order valence-electron chi connectivity index (χ4n) is 2.02. The van der Waals surface area contributed by atoms with Gasteiger partial charge in [0.25, 0.3) is 0 Å². The van der Waals surface area contributed by atoms with Crippen molar-refractivity contribution in [2.75, 3.05) is 18.9 Å². The van der Waals surface area contributed by atoms with Gasteiger partial charge in [-0.05, 0) is 18.2 Å². The highest BCUT2D eigenvalue weighted by atomic mass is 127. The topological polar surface area (TPSA) is 65.5 Å². The van der Waals surface area contributed by atoms with Crippen molar-refractivity contribution in [1.29, 1.82) is 0 Å². The van der Waals surface area contributed by atoms with E-state index in [1.165, 1.54) is 13.1 Å². The maximum absolute atomic E-state index is 13.5. The lowest BCUT2D eigenvalue weighted by atomic mass is 10.2. The Hall–Kier alpha value is -2.37. The molecule has 0 unspecified atom stereocenters. The molecule has 2 rings (SSSR count). The second-order valence-corrected chi connectivity index (χ2v) is 5.14. The van der Waals surface area contributed by atoms with Gasteiger partial charge in [0.1, 0.15) is 5.82 Å². The van der Waals surface area contributed by atoms with Crippen molar-refractivity contribution in [3.05, 3.63) is 65.2 Å². The quantitative estimate of drug-likeness (QED) is 0.196. The molecule has 0 saturated carbocycles. The molecule has 146 valence electrons. The molecule has 1 amide bonds. The highest BCUT2D eigenvalue weighted by molar-refractivity contribution is 14.0. The van der Waals surface area contributed by atoms with Gasteiger partial charge in [0, 0.05) is 19.2 Å². The average molecular weight is 496 g/mol. The smallest absolute Gasteiger partial charge is 0.243 e. The van der Waals surface area contributed by atoms with E-state index in [0.29, 0.717) is 11.6 Å². The van der Waals surface area contributed by atoms with E-state index in [2.05, 4.69) is 20.9 Å². The molecule has 3 N–H and O–H groups in total.